The predicted octanol–water partition coefficient (Wildman–Crippen LogP) is 0.168. The number of aliphatic hydroxyl groups is 1. The Kier molecular flexibility index (Phi) is 7.32. The van der Waals surface area contributed by atoms with Crippen LogP contribution in [0.25, 0.3) is 0 Å². The first kappa shape index (κ1) is 25.0. The van der Waals surface area contributed by atoms with Crippen molar-refractivity contribution in [3.05, 3.63) is 12.2 Å². The molecule has 2 heterocycles. The van der Waals surface area contributed by atoms with Gasteiger partial charge in [0.25, 0.3) is 0 Å². The zero-order valence-electron chi connectivity index (χ0n) is 19.2. The number of fused-ring (bicyclic) bond motifs is 2. The first-order valence-electron chi connectivity index (χ1n) is 11.2. The van der Waals surface area contributed by atoms with E-state index in [0.29, 0.717) is 19.4 Å². The van der Waals surface area contributed by atoms with Gasteiger partial charge in [0, 0.05) is 25.5 Å². The standard InChI is InChI=1S/C22H33N3O8/c1-21(2,3)33-20(31)23-15-12-32-8-6-4-5-7-13-10-22(13,19(29)30)24-17(27)16-9-14(26)11-25(16)18(15)28/h5,7,13-16,26H,4,6,8-12H2,1-3H3,(H,23,31)(H,24,27)(H,29,30)/b7-5-/t13-,14-,15+,16+,22-/m1/s1. The van der Waals surface area contributed by atoms with Crippen LogP contribution in [-0.4, -0.2) is 88.1 Å². The molecular weight excluding hydrogens is 434 g/mol. The van der Waals surface area contributed by atoms with Crippen molar-refractivity contribution in [2.24, 2.45) is 5.92 Å². The van der Waals surface area contributed by atoms with Gasteiger partial charge in [0.2, 0.25) is 11.8 Å². The van der Waals surface area contributed by atoms with Crippen molar-refractivity contribution in [3.8, 4) is 0 Å². The Morgan fingerprint density at radius 1 is 1.33 bits per heavy atom. The lowest BCUT2D eigenvalue weighted by Gasteiger charge is -2.30. The Morgan fingerprint density at radius 2 is 2.06 bits per heavy atom. The minimum absolute atomic E-state index is 0.0339. The lowest BCUT2D eigenvalue weighted by molar-refractivity contribution is -0.146. The third-order valence-corrected chi connectivity index (χ3v) is 5.91. The summed E-state index contributed by atoms with van der Waals surface area (Å²) >= 11 is 0. The van der Waals surface area contributed by atoms with Gasteiger partial charge in [-0.2, -0.15) is 0 Å². The number of amides is 3. The highest BCUT2D eigenvalue weighted by atomic mass is 16.6. The highest BCUT2D eigenvalue weighted by Gasteiger charge is 2.61. The molecule has 1 saturated heterocycles. The second-order valence-corrected chi connectivity index (χ2v) is 9.82. The normalized spacial score (nSPS) is 34.1. The fraction of sp³-hybridized carbons (Fsp3) is 0.727. The number of aliphatic hydroxyl groups excluding tert-OH is 1. The van der Waals surface area contributed by atoms with E-state index in [2.05, 4.69) is 10.6 Å². The highest BCUT2D eigenvalue weighted by molar-refractivity contribution is 5.96. The third-order valence-electron chi connectivity index (χ3n) is 5.91. The molecule has 2 aliphatic heterocycles. The SMILES string of the molecule is CC(C)(C)OC(=O)N[C@H]1COCCC/C=C\[C@@H]2C[C@@]2(C(=O)O)NC(=O)[C@@H]2C[C@@H](O)CN2C1=O. The van der Waals surface area contributed by atoms with Gasteiger partial charge in [-0.05, 0) is 40.0 Å². The maximum absolute atomic E-state index is 13.3. The highest BCUT2D eigenvalue weighted by Crippen LogP contribution is 2.45. The van der Waals surface area contributed by atoms with Gasteiger partial charge >= 0.3 is 12.1 Å². The molecule has 33 heavy (non-hydrogen) atoms. The lowest BCUT2D eigenvalue weighted by Crippen LogP contribution is -2.57. The predicted molar refractivity (Wildman–Crippen MR) is 115 cm³/mol. The molecule has 1 aliphatic carbocycles. The van der Waals surface area contributed by atoms with Crippen LogP contribution in [-0.2, 0) is 23.9 Å². The van der Waals surface area contributed by atoms with Crippen LogP contribution in [0.15, 0.2) is 12.2 Å². The second kappa shape index (κ2) is 9.68. The van der Waals surface area contributed by atoms with E-state index in [1.165, 1.54) is 4.90 Å². The summed E-state index contributed by atoms with van der Waals surface area (Å²) < 4.78 is 10.9. The zero-order valence-corrected chi connectivity index (χ0v) is 19.2. The Morgan fingerprint density at radius 3 is 2.73 bits per heavy atom. The number of allylic oxidation sites excluding steroid dienone is 1. The summed E-state index contributed by atoms with van der Waals surface area (Å²) in [5.74, 6) is -2.74. The first-order valence-corrected chi connectivity index (χ1v) is 11.2. The van der Waals surface area contributed by atoms with E-state index >= 15 is 0 Å². The fourth-order valence-electron chi connectivity index (χ4n) is 4.16. The fourth-order valence-corrected chi connectivity index (χ4v) is 4.16. The molecule has 4 N–H and O–H groups in total. The van der Waals surface area contributed by atoms with Crippen LogP contribution < -0.4 is 10.6 Å². The van der Waals surface area contributed by atoms with Gasteiger partial charge < -0.3 is 35.2 Å². The number of aliphatic carboxylic acids is 1. The first-order chi connectivity index (χ1) is 15.4. The number of hydrogen-bond donors (Lipinski definition) is 4. The smallest absolute Gasteiger partial charge is 0.408 e. The molecule has 11 nitrogen and oxygen atoms in total. The summed E-state index contributed by atoms with van der Waals surface area (Å²) in [5.41, 5.74) is -2.20. The summed E-state index contributed by atoms with van der Waals surface area (Å²) in [6.45, 7) is 5.14. The molecule has 0 aromatic heterocycles. The molecule has 3 aliphatic rings. The molecular formula is C22H33N3O8. The van der Waals surface area contributed by atoms with Gasteiger partial charge in [0.1, 0.15) is 23.2 Å². The number of carbonyl (C=O) groups is 4. The summed E-state index contributed by atoms with van der Waals surface area (Å²) in [5, 5.41) is 25.0. The van der Waals surface area contributed by atoms with Crippen molar-refractivity contribution in [1.29, 1.82) is 0 Å². The quantitative estimate of drug-likeness (QED) is 0.419. The number of ether oxygens (including phenoxy) is 2. The third kappa shape index (κ3) is 6.02. The number of hydrogen-bond acceptors (Lipinski definition) is 7. The number of rotatable bonds is 2. The summed E-state index contributed by atoms with van der Waals surface area (Å²) in [4.78, 5) is 51.8. The summed E-state index contributed by atoms with van der Waals surface area (Å²) in [7, 11) is 0. The molecule has 184 valence electrons. The molecule has 0 unspecified atom stereocenters. The molecule has 3 rings (SSSR count). The lowest BCUT2D eigenvalue weighted by atomic mass is 10.1. The van der Waals surface area contributed by atoms with Crippen LogP contribution in [0.2, 0.25) is 0 Å². The van der Waals surface area contributed by atoms with Gasteiger partial charge in [0.05, 0.1) is 12.7 Å². The molecule has 1 saturated carbocycles. The largest absolute Gasteiger partial charge is 0.479 e. The van der Waals surface area contributed by atoms with Crippen LogP contribution in [0.4, 0.5) is 4.79 Å². The molecule has 0 radical (unpaired) electrons. The van der Waals surface area contributed by atoms with Crippen LogP contribution >= 0.6 is 0 Å². The molecule has 2 fully saturated rings. The molecule has 0 aromatic rings. The Bertz CT molecular complexity index is 823. The number of nitrogens with zero attached hydrogens (tertiary/aromatic N) is 1. The molecule has 0 aromatic carbocycles. The summed E-state index contributed by atoms with van der Waals surface area (Å²) in [6, 6.07) is -2.20. The van der Waals surface area contributed by atoms with Crippen LogP contribution in [0.5, 0.6) is 0 Å². The van der Waals surface area contributed by atoms with Crippen molar-refractivity contribution in [3.63, 3.8) is 0 Å². The molecule has 11 heteroatoms. The van der Waals surface area contributed by atoms with Crippen molar-refractivity contribution >= 4 is 23.9 Å². The average molecular weight is 468 g/mol. The minimum Gasteiger partial charge on any atom is -0.479 e. The second-order valence-electron chi connectivity index (χ2n) is 9.82. The molecule has 3 amide bonds. The van der Waals surface area contributed by atoms with Crippen LogP contribution in [0.1, 0.15) is 46.5 Å². The Labute approximate surface area is 192 Å². The number of carbonyl (C=O) groups excluding carboxylic acids is 3. The maximum Gasteiger partial charge on any atom is 0.408 e. The topological polar surface area (TPSA) is 154 Å². The number of carboxylic acids is 1. The number of carboxylic acid groups (broad SMARTS) is 1. The van der Waals surface area contributed by atoms with E-state index in [1.807, 2.05) is 6.08 Å². The number of alkyl carbamates (subject to hydrolysis) is 1. The Balaban J connectivity index is 1.83. The molecule has 5 atom stereocenters. The van der Waals surface area contributed by atoms with E-state index in [-0.39, 0.29) is 31.9 Å². The van der Waals surface area contributed by atoms with E-state index in [0.717, 1.165) is 0 Å². The van der Waals surface area contributed by atoms with Crippen molar-refractivity contribution < 1.29 is 38.9 Å². The summed E-state index contributed by atoms with van der Waals surface area (Å²) in [6.07, 6.45) is 3.37. The van der Waals surface area contributed by atoms with Crippen molar-refractivity contribution in [2.75, 3.05) is 19.8 Å². The van der Waals surface area contributed by atoms with Gasteiger partial charge in [-0.15, -0.1) is 0 Å². The monoisotopic (exact) mass is 467 g/mol. The maximum atomic E-state index is 13.3. The van der Waals surface area contributed by atoms with Gasteiger partial charge in [-0.1, -0.05) is 12.2 Å². The average Bonchev–Trinajstić information content (AvgIpc) is 3.25. The van der Waals surface area contributed by atoms with Crippen LogP contribution in [0.3, 0.4) is 0 Å². The van der Waals surface area contributed by atoms with E-state index in [9.17, 15) is 29.4 Å². The van der Waals surface area contributed by atoms with Crippen molar-refractivity contribution in [2.45, 2.75) is 75.8 Å². The Hall–Kier alpha value is -2.66. The van der Waals surface area contributed by atoms with Crippen molar-refractivity contribution in [1.82, 2.24) is 15.5 Å². The number of nitrogens with one attached hydrogen (secondary N) is 2. The molecule has 0 bridgehead atoms. The van der Waals surface area contributed by atoms with E-state index in [4.69, 9.17) is 9.47 Å². The molecule has 0 spiro atoms. The van der Waals surface area contributed by atoms with Crippen LogP contribution in [0, 0.1) is 5.92 Å². The zero-order chi connectivity index (χ0) is 24.4. The minimum atomic E-state index is -1.42. The van der Waals surface area contributed by atoms with E-state index < -0.39 is 53.2 Å². The van der Waals surface area contributed by atoms with Gasteiger partial charge in [-0.3, -0.25) is 9.59 Å². The van der Waals surface area contributed by atoms with Gasteiger partial charge in [-0.25, -0.2) is 9.59 Å². The van der Waals surface area contributed by atoms with E-state index in [1.54, 1.807) is 26.8 Å². The van der Waals surface area contributed by atoms with Gasteiger partial charge in [0.15, 0.2) is 0 Å².